The molecule has 2 amide bonds. The number of hydrogen-bond donors (Lipinski definition) is 3. The zero-order chi connectivity index (χ0) is 25.2. The van der Waals surface area contributed by atoms with Gasteiger partial charge in [0.1, 0.15) is 12.6 Å². The highest BCUT2D eigenvalue weighted by molar-refractivity contribution is 5.84. The molecule has 35 heavy (non-hydrogen) atoms. The number of hydrogen-bond acceptors (Lipinski definition) is 6. The Hall–Kier alpha value is -3.43. The lowest BCUT2D eigenvalue weighted by Gasteiger charge is -2.19. The molecule has 2 aromatic rings. The van der Waals surface area contributed by atoms with E-state index < -0.39 is 30.1 Å². The third-order valence-corrected chi connectivity index (χ3v) is 6.04. The molecule has 3 rings (SSSR count). The Labute approximate surface area is 204 Å². The van der Waals surface area contributed by atoms with Gasteiger partial charge in [0, 0.05) is 33.3 Å². The SMILES string of the molecule is COCCCC(NC(=O)CC(CNC(=O)OCC1c2ccccc2-c2ccccc21)OC)C(=O)O. The van der Waals surface area contributed by atoms with Gasteiger partial charge in [0.15, 0.2) is 0 Å². The number of aliphatic carboxylic acids is 1. The van der Waals surface area contributed by atoms with Gasteiger partial charge in [-0.15, -0.1) is 0 Å². The molecule has 0 bridgehead atoms. The molecule has 0 aliphatic heterocycles. The van der Waals surface area contributed by atoms with Crippen LogP contribution in [0.25, 0.3) is 11.1 Å². The third-order valence-electron chi connectivity index (χ3n) is 6.04. The summed E-state index contributed by atoms with van der Waals surface area (Å²) in [6, 6.07) is 15.1. The van der Waals surface area contributed by atoms with Gasteiger partial charge in [0.25, 0.3) is 0 Å². The fourth-order valence-electron chi connectivity index (χ4n) is 4.23. The molecule has 0 spiro atoms. The lowest BCUT2D eigenvalue weighted by molar-refractivity contribution is -0.142. The van der Waals surface area contributed by atoms with Gasteiger partial charge in [0.2, 0.25) is 5.91 Å². The van der Waals surface area contributed by atoms with E-state index in [1.807, 2.05) is 36.4 Å². The number of nitrogens with one attached hydrogen (secondary N) is 2. The summed E-state index contributed by atoms with van der Waals surface area (Å²) in [6.07, 6.45) is -0.593. The van der Waals surface area contributed by atoms with E-state index >= 15 is 0 Å². The normalized spacial score (nSPS) is 13.9. The number of fused-ring (bicyclic) bond motifs is 3. The molecule has 2 aromatic carbocycles. The van der Waals surface area contributed by atoms with Gasteiger partial charge in [-0.05, 0) is 35.1 Å². The molecule has 9 nitrogen and oxygen atoms in total. The maximum Gasteiger partial charge on any atom is 0.407 e. The zero-order valence-corrected chi connectivity index (χ0v) is 20.0. The van der Waals surface area contributed by atoms with Crippen LogP contribution in [0, 0.1) is 0 Å². The second-order valence-corrected chi connectivity index (χ2v) is 8.36. The molecular weight excluding hydrogens is 452 g/mol. The molecule has 188 valence electrons. The Bertz CT molecular complexity index is 981. The second-order valence-electron chi connectivity index (χ2n) is 8.36. The highest BCUT2D eigenvalue weighted by atomic mass is 16.5. The Morgan fingerprint density at radius 3 is 2.20 bits per heavy atom. The van der Waals surface area contributed by atoms with Gasteiger partial charge in [-0.3, -0.25) is 4.79 Å². The molecule has 3 N–H and O–H groups in total. The average Bonchev–Trinajstić information content (AvgIpc) is 3.18. The minimum absolute atomic E-state index is 0.0437. The van der Waals surface area contributed by atoms with Gasteiger partial charge in [-0.2, -0.15) is 0 Å². The van der Waals surface area contributed by atoms with Crippen LogP contribution in [0.15, 0.2) is 48.5 Å². The first kappa shape index (κ1) is 26.2. The average molecular weight is 485 g/mol. The minimum atomic E-state index is -1.11. The van der Waals surface area contributed by atoms with Crippen LogP contribution in [0.4, 0.5) is 4.79 Å². The maximum absolute atomic E-state index is 12.4. The van der Waals surface area contributed by atoms with E-state index in [1.54, 1.807) is 0 Å². The molecule has 2 atom stereocenters. The fraction of sp³-hybridized carbons (Fsp3) is 0.423. The van der Waals surface area contributed by atoms with Gasteiger partial charge in [-0.25, -0.2) is 9.59 Å². The van der Waals surface area contributed by atoms with Crippen molar-refractivity contribution >= 4 is 18.0 Å². The van der Waals surface area contributed by atoms with Crippen molar-refractivity contribution in [3.8, 4) is 11.1 Å². The standard InChI is InChI=1S/C26H32N2O7/c1-33-13-7-12-23(25(30)31)28-24(29)14-17(34-2)15-27-26(32)35-16-22-20-10-5-3-8-18(20)19-9-4-6-11-21(19)22/h3-6,8-11,17,22-23H,7,12-16H2,1-2H3,(H,27,32)(H,28,29)(H,30,31). The predicted octanol–water partition coefficient (Wildman–Crippen LogP) is 2.93. The van der Waals surface area contributed by atoms with Crippen molar-refractivity contribution in [3.63, 3.8) is 0 Å². The van der Waals surface area contributed by atoms with E-state index in [9.17, 15) is 19.5 Å². The fourth-order valence-corrected chi connectivity index (χ4v) is 4.23. The van der Waals surface area contributed by atoms with Crippen molar-refractivity contribution in [2.24, 2.45) is 0 Å². The lowest BCUT2D eigenvalue weighted by Crippen LogP contribution is -2.43. The third kappa shape index (κ3) is 7.03. The van der Waals surface area contributed by atoms with E-state index in [2.05, 4.69) is 22.8 Å². The lowest BCUT2D eigenvalue weighted by atomic mass is 9.98. The van der Waals surface area contributed by atoms with E-state index in [-0.39, 0.29) is 31.9 Å². The highest BCUT2D eigenvalue weighted by Gasteiger charge is 2.29. The maximum atomic E-state index is 12.4. The Kier molecular flexibility index (Phi) is 9.63. The summed E-state index contributed by atoms with van der Waals surface area (Å²) in [5.41, 5.74) is 4.52. The number of carbonyl (C=O) groups excluding carboxylic acids is 2. The van der Waals surface area contributed by atoms with Crippen LogP contribution < -0.4 is 10.6 Å². The quantitative estimate of drug-likeness (QED) is 0.374. The molecule has 9 heteroatoms. The number of benzene rings is 2. The first-order chi connectivity index (χ1) is 16.9. The van der Waals surface area contributed by atoms with E-state index in [4.69, 9.17) is 14.2 Å². The number of rotatable bonds is 13. The number of carbonyl (C=O) groups is 3. The zero-order valence-electron chi connectivity index (χ0n) is 20.0. The Morgan fingerprint density at radius 2 is 1.63 bits per heavy atom. The van der Waals surface area contributed by atoms with Crippen molar-refractivity contribution in [1.29, 1.82) is 0 Å². The van der Waals surface area contributed by atoms with Crippen LogP contribution in [-0.4, -0.2) is 69.2 Å². The van der Waals surface area contributed by atoms with Crippen LogP contribution in [0.5, 0.6) is 0 Å². The van der Waals surface area contributed by atoms with E-state index in [0.717, 1.165) is 22.3 Å². The van der Waals surface area contributed by atoms with Crippen LogP contribution in [-0.2, 0) is 23.8 Å². The molecule has 0 fully saturated rings. The summed E-state index contributed by atoms with van der Waals surface area (Å²) in [4.78, 5) is 36.0. The first-order valence-electron chi connectivity index (χ1n) is 11.6. The largest absolute Gasteiger partial charge is 0.480 e. The Balaban J connectivity index is 1.47. The Morgan fingerprint density at radius 1 is 1.00 bits per heavy atom. The number of amides is 2. The minimum Gasteiger partial charge on any atom is -0.480 e. The number of alkyl carbamates (subject to hydrolysis) is 1. The molecule has 2 unspecified atom stereocenters. The smallest absolute Gasteiger partial charge is 0.407 e. The number of ether oxygens (including phenoxy) is 3. The van der Waals surface area contributed by atoms with Crippen LogP contribution in [0.3, 0.4) is 0 Å². The molecule has 1 aliphatic rings. The molecular formula is C26H32N2O7. The summed E-state index contributed by atoms with van der Waals surface area (Å²) < 4.78 is 15.7. The van der Waals surface area contributed by atoms with E-state index in [1.165, 1.54) is 14.2 Å². The molecule has 1 aliphatic carbocycles. The van der Waals surface area contributed by atoms with Crippen LogP contribution >= 0.6 is 0 Å². The molecule has 0 heterocycles. The van der Waals surface area contributed by atoms with Crippen molar-refractivity contribution in [2.45, 2.75) is 37.3 Å². The monoisotopic (exact) mass is 484 g/mol. The van der Waals surface area contributed by atoms with Crippen molar-refractivity contribution < 1.29 is 33.7 Å². The second kappa shape index (κ2) is 12.9. The van der Waals surface area contributed by atoms with E-state index in [0.29, 0.717) is 13.0 Å². The van der Waals surface area contributed by atoms with Gasteiger partial charge >= 0.3 is 12.1 Å². The molecule has 0 saturated heterocycles. The van der Waals surface area contributed by atoms with Crippen molar-refractivity contribution in [3.05, 3.63) is 59.7 Å². The summed E-state index contributed by atoms with van der Waals surface area (Å²) in [5, 5.41) is 14.4. The first-order valence-corrected chi connectivity index (χ1v) is 11.6. The summed E-state index contributed by atoms with van der Waals surface area (Å²) >= 11 is 0. The highest BCUT2D eigenvalue weighted by Crippen LogP contribution is 2.44. The predicted molar refractivity (Wildman–Crippen MR) is 129 cm³/mol. The topological polar surface area (TPSA) is 123 Å². The van der Waals surface area contributed by atoms with Crippen molar-refractivity contribution in [2.75, 3.05) is 34.0 Å². The number of carboxylic acids is 1. The number of methoxy groups -OCH3 is 2. The number of carboxylic acid groups (broad SMARTS) is 1. The summed E-state index contributed by atoms with van der Waals surface area (Å²) in [6.45, 7) is 0.631. The van der Waals surface area contributed by atoms with Gasteiger partial charge in [-0.1, -0.05) is 48.5 Å². The van der Waals surface area contributed by atoms with Gasteiger partial charge in [0.05, 0.1) is 12.5 Å². The van der Waals surface area contributed by atoms with Crippen molar-refractivity contribution in [1.82, 2.24) is 10.6 Å². The molecule has 0 saturated carbocycles. The summed E-state index contributed by atoms with van der Waals surface area (Å²) in [5.74, 6) is -1.64. The van der Waals surface area contributed by atoms with Gasteiger partial charge < -0.3 is 30.0 Å². The molecule has 0 aromatic heterocycles. The molecule has 0 radical (unpaired) electrons. The van der Waals surface area contributed by atoms with Crippen LogP contribution in [0.2, 0.25) is 0 Å². The summed E-state index contributed by atoms with van der Waals surface area (Å²) in [7, 11) is 2.95. The van der Waals surface area contributed by atoms with Crippen LogP contribution in [0.1, 0.15) is 36.3 Å².